The van der Waals surface area contributed by atoms with Gasteiger partial charge in [0.05, 0.1) is 13.2 Å². The number of hydrogen-bond acceptors (Lipinski definition) is 3. The number of anilines is 1. The summed E-state index contributed by atoms with van der Waals surface area (Å²) in [6.07, 6.45) is 3.15. The van der Waals surface area contributed by atoms with Crippen molar-refractivity contribution in [3.05, 3.63) is 59.7 Å². The van der Waals surface area contributed by atoms with Crippen molar-refractivity contribution in [3.63, 3.8) is 0 Å². The summed E-state index contributed by atoms with van der Waals surface area (Å²) >= 11 is 0. The first kappa shape index (κ1) is 17.9. The van der Waals surface area contributed by atoms with Crippen LogP contribution in [0.4, 0.5) is 10.5 Å². The van der Waals surface area contributed by atoms with Crippen LogP contribution in [0.15, 0.2) is 48.5 Å². The highest BCUT2D eigenvalue weighted by Crippen LogP contribution is 2.30. The molecule has 2 aromatic carbocycles. The molecule has 1 unspecified atom stereocenters. The molecule has 5 heteroatoms. The number of aryl methyl sites for hydroxylation is 1. The van der Waals surface area contributed by atoms with Gasteiger partial charge in [0.1, 0.15) is 11.9 Å². The van der Waals surface area contributed by atoms with Crippen LogP contribution in [0.3, 0.4) is 0 Å². The first-order chi connectivity index (χ1) is 13.2. The van der Waals surface area contributed by atoms with Gasteiger partial charge in [0.25, 0.3) is 0 Å². The molecule has 27 heavy (non-hydrogen) atoms. The molecule has 1 aliphatic heterocycles. The molecule has 0 bridgehead atoms. The minimum absolute atomic E-state index is 0.0552. The largest absolute Gasteiger partial charge is 0.488 e. The average molecular weight is 366 g/mol. The Kier molecular flexibility index (Phi) is 5.30. The van der Waals surface area contributed by atoms with E-state index in [-0.39, 0.29) is 12.1 Å². The Bertz CT molecular complexity index is 783. The van der Waals surface area contributed by atoms with Crippen LogP contribution >= 0.6 is 0 Å². The van der Waals surface area contributed by atoms with Gasteiger partial charge in [-0.15, -0.1) is 0 Å². The van der Waals surface area contributed by atoms with Gasteiger partial charge in [-0.2, -0.15) is 0 Å². The van der Waals surface area contributed by atoms with E-state index in [0.29, 0.717) is 19.2 Å². The molecule has 0 radical (unpaired) electrons. The summed E-state index contributed by atoms with van der Waals surface area (Å²) in [5.74, 6) is 0.810. The molecule has 2 aliphatic rings. The van der Waals surface area contributed by atoms with Crippen LogP contribution in [-0.2, 0) is 11.3 Å². The third-order valence-electron chi connectivity index (χ3n) is 5.07. The zero-order chi connectivity index (χ0) is 18.6. The van der Waals surface area contributed by atoms with E-state index in [1.54, 1.807) is 0 Å². The van der Waals surface area contributed by atoms with E-state index in [2.05, 4.69) is 17.4 Å². The fraction of sp³-hybridized carbons (Fsp3) is 0.409. The van der Waals surface area contributed by atoms with Crippen LogP contribution in [0.5, 0.6) is 5.75 Å². The smallest absolute Gasteiger partial charge is 0.322 e. The second-order valence-corrected chi connectivity index (χ2v) is 7.36. The number of ether oxygens (including phenoxy) is 2. The highest BCUT2D eigenvalue weighted by molar-refractivity contribution is 5.90. The second-order valence-electron chi connectivity index (χ2n) is 7.36. The Balaban J connectivity index is 1.44. The maximum atomic E-state index is 12.9. The third-order valence-corrected chi connectivity index (χ3v) is 5.07. The fourth-order valence-corrected chi connectivity index (χ4v) is 3.32. The van der Waals surface area contributed by atoms with Crippen LogP contribution < -0.4 is 10.1 Å². The molecule has 2 amide bonds. The molecule has 5 nitrogen and oxygen atoms in total. The van der Waals surface area contributed by atoms with Crippen LogP contribution in [0.25, 0.3) is 0 Å². The molecule has 1 saturated carbocycles. The Morgan fingerprint density at radius 2 is 2.00 bits per heavy atom. The van der Waals surface area contributed by atoms with Gasteiger partial charge in [-0.05, 0) is 37.0 Å². The van der Waals surface area contributed by atoms with Gasteiger partial charge in [0.2, 0.25) is 0 Å². The predicted octanol–water partition coefficient (Wildman–Crippen LogP) is 4.36. The summed E-state index contributed by atoms with van der Waals surface area (Å²) < 4.78 is 11.4. The monoisotopic (exact) mass is 366 g/mol. The van der Waals surface area contributed by atoms with Crippen LogP contribution in [-0.4, -0.2) is 36.3 Å². The van der Waals surface area contributed by atoms with Crippen molar-refractivity contribution >= 4 is 11.7 Å². The molecule has 1 atom stereocenters. The molecule has 1 aliphatic carbocycles. The molecule has 2 aromatic rings. The number of carbonyl (C=O) groups is 1. The SMILES string of the molecule is Cc1ccc(NC(=O)N(Cc2ccccc2)C2CC2)cc1OC1CCOC1. The van der Waals surface area contributed by atoms with Gasteiger partial charge in [-0.1, -0.05) is 36.4 Å². The zero-order valence-electron chi connectivity index (χ0n) is 15.7. The van der Waals surface area contributed by atoms with E-state index < -0.39 is 0 Å². The fourth-order valence-electron chi connectivity index (χ4n) is 3.32. The van der Waals surface area contributed by atoms with E-state index >= 15 is 0 Å². The minimum atomic E-state index is -0.0552. The summed E-state index contributed by atoms with van der Waals surface area (Å²) in [5, 5.41) is 3.05. The van der Waals surface area contributed by atoms with E-state index in [1.807, 2.05) is 48.2 Å². The third kappa shape index (κ3) is 4.61. The Hall–Kier alpha value is -2.53. The molecule has 1 N–H and O–H groups in total. The van der Waals surface area contributed by atoms with E-state index in [9.17, 15) is 4.79 Å². The lowest BCUT2D eigenvalue weighted by Crippen LogP contribution is -2.36. The standard InChI is InChI=1S/C22H26N2O3/c1-16-7-8-18(13-21(16)27-20-11-12-26-15-20)23-22(25)24(19-9-10-19)14-17-5-3-2-4-6-17/h2-8,13,19-20H,9-12,14-15H2,1H3,(H,23,25). The second kappa shape index (κ2) is 8.01. The molecule has 1 saturated heterocycles. The first-order valence-electron chi connectivity index (χ1n) is 9.65. The molecule has 2 fully saturated rings. The first-order valence-corrected chi connectivity index (χ1v) is 9.65. The molecule has 0 spiro atoms. The van der Waals surface area contributed by atoms with Crippen LogP contribution in [0.2, 0.25) is 0 Å². The van der Waals surface area contributed by atoms with Crippen molar-refractivity contribution < 1.29 is 14.3 Å². The number of benzene rings is 2. The molecular weight excluding hydrogens is 340 g/mol. The number of hydrogen-bond donors (Lipinski definition) is 1. The van der Waals surface area contributed by atoms with E-state index in [1.165, 1.54) is 0 Å². The van der Waals surface area contributed by atoms with Gasteiger partial charge in [-0.25, -0.2) is 4.79 Å². The van der Waals surface area contributed by atoms with Crippen molar-refractivity contribution in [2.45, 2.75) is 44.9 Å². The lowest BCUT2D eigenvalue weighted by Gasteiger charge is -2.23. The highest BCUT2D eigenvalue weighted by Gasteiger charge is 2.32. The van der Waals surface area contributed by atoms with Gasteiger partial charge >= 0.3 is 6.03 Å². The predicted molar refractivity (Wildman–Crippen MR) is 105 cm³/mol. The van der Waals surface area contributed by atoms with E-state index in [4.69, 9.17) is 9.47 Å². The lowest BCUT2D eigenvalue weighted by atomic mass is 10.2. The van der Waals surface area contributed by atoms with E-state index in [0.717, 1.165) is 48.4 Å². The molecule has 142 valence electrons. The summed E-state index contributed by atoms with van der Waals surface area (Å²) in [7, 11) is 0. The number of nitrogens with one attached hydrogen (secondary N) is 1. The topological polar surface area (TPSA) is 50.8 Å². The number of urea groups is 1. The van der Waals surface area contributed by atoms with Crippen molar-refractivity contribution in [3.8, 4) is 5.75 Å². The number of nitrogens with zero attached hydrogens (tertiary/aromatic N) is 1. The maximum Gasteiger partial charge on any atom is 0.322 e. The number of rotatable bonds is 6. The number of amides is 2. The quantitative estimate of drug-likeness (QED) is 0.826. The highest BCUT2D eigenvalue weighted by atomic mass is 16.5. The summed E-state index contributed by atoms with van der Waals surface area (Å²) in [4.78, 5) is 14.8. The summed E-state index contributed by atoms with van der Waals surface area (Å²) in [6.45, 7) is 4.02. The van der Waals surface area contributed by atoms with Crippen molar-refractivity contribution in [1.82, 2.24) is 4.90 Å². The van der Waals surface area contributed by atoms with Gasteiger partial charge in [0.15, 0.2) is 0 Å². The maximum absolute atomic E-state index is 12.9. The lowest BCUT2D eigenvalue weighted by molar-refractivity contribution is 0.141. The average Bonchev–Trinajstić information content (AvgIpc) is 3.39. The zero-order valence-corrected chi connectivity index (χ0v) is 15.7. The number of carbonyl (C=O) groups excluding carboxylic acids is 1. The van der Waals surface area contributed by atoms with Crippen molar-refractivity contribution in [1.29, 1.82) is 0 Å². The Morgan fingerprint density at radius 1 is 1.19 bits per heavy atom. The molecule has 1 heterocycles. The molecule has 0 aromatic heterocycles. The van der Waals surface area contributed by atoms with Gasteiger partial charge in [0, 0.05) is 30.8 Å². The summed E-state index contributed by atoms with van der Waals surface area (Å²) in [5.41, 5.74) is 2.97. The Morgan fingerprint density at radius 3 is 2.70 bits per heavy atom. The van der Waals surface area contributed by atoms with Crippen molar-refractivity contribution in [2.24, 2.45) is 0 Å². The van der Waals surface area contributed by atoms with Crippen molar-refractivity contribution in [2.75, 3.05) is 18.5 Å². The normalized spacial score (nSPS) is 18.9. The molecule has 4 rings (SSSR count). The minimum Gasteiger partial charge on any atom is -0.488 e. The summed E-state index contributed by atoms with van der Waals surface area (Å²) in [6, 6.07) is 16.2. The van der Waals surface area contributed by atoms with Gasteiger partial charge < -0.3 is 19.7 Å². The van der Waals surface area contributed by atoms with Crippen LogP contribution in [0.1, 0.15) is 30.4 Å². The molecular formula is C22H26N2O3. The van der Waals surface area contributed by atoms with Gasteiger partial charge in [-0.3, -0.25) is 0 Å². The van der Waals surface area contributed by atoms with Crippen LogP contribution in [0, 0.1) is 6.92 Å². The Labute approximate surface area is 160 Å².